The van der Waals surface area contributed by atoms with E-state index in [0.29, 0.717) is 0 Å². The highest BCUT2D eigenvalue weighted by Gasteiger charge is 2.37. The van der Waals surface area contributed by atoms with E-state index in [1.807, 2.05) is 0 Å². The third kappa shape index (κ3) is 37.8. The van der Waals surface area contributed by atoms with E-state index in [0.717, 1.165) is 57.8 Å². The molecule has 0 saturated carbocycles. The fourth-order valence-electron chi connectivity index (χ4n) is 7.25. The van der Waals surface area contributed by atoms with E-state index >= 15 is 0 Å². The summed E-state index contributed by atoms with van der Waals surface area (Å²) < 4.78 is 17.0. The minimum absolute atomic E-state index is 0.259. The van der Waals surface area contributed by atoms with Gasteiger partial charge in [-0.25, -0.2) is 0 Å². The zero-order chi connectivity index (χ0) is 41.9. The Morgan fingerprint density at radius 3 is 0.789 bits per heavy atom. The summed E-state index contributed by atoms with van der Waals surface area (Å²) in [4.78, 5) is 51.2. The molecule has 0 aromatic carbocycles. The van der Waals surface area contributed by atoms with E-state index in [-0.39, 0.29) is 45.6 Å². The van der Waals surface area contributed by atoms with Crippen molar-refractivity contribution in [3.63, 3.8) is 0 Å². The van der Waals surface area contributed by atoms with Gasteiger partial charge in [0.05, 0.1) is 6.54 Å². The van der Waals surface area contributed by atoms with E-state index in [1.54, 1.807) is 0 Å². The second-order valence-corrected chi connectivity index (χ2v) is 16.9. The first-order valence-corrected chi connectivity index (χ1v) is 24.3. The Labute approximate surface area is 351 Å². The SMILES string of the molecule is CCCCCCCCCCCCCC(=O)OCC(COC(=O)CCCCCCCCCCCCC)(COC(=O)CCCCCCCCCCCCC)NC(=O)CN. The monoisotopic (exact) mass is 809 g/mol. The number of carbonyl (C=O) groups is 4. The van der Waals surface area contributed by atoms with Crippen molar-refractivity contribution in [3.8, 4) is 0 Å². The molecule has 0 heterocycles. The Kier molecular flexibility index (Phi) is 40.4. The molecule has 0 atom stereocenters. The molecular weight excluding hydrogens is 717 g/mol. The molecule has 9 nitrogen and oxygen atoms in total. The van der Waals surface area contributed by atoms with Crippen molar-refractivity contribution in [3.05, 3.63) is 0 Å². The minimum atomic E-state index is -1.43. The Hall–Kier alpha value is -2.16. The van der Waals surface area contributed by atoms with Crippen LogP contribution in [0.25, 0.3) is 0 Å². The van der Waals surface area contributed by atoms with Crippen molar-refractivity contribution < 1.29 is 33.4 Å². The molecule has 3 N–H and O–H groups in total. The summed E-state index contributed by atoms with van der Waals surface area (Å²) in [5, 5.41) is 2.79. The molecule has 0 unspecified atom stereocenters. The lowest BCUT2D eigenvalue weighted by Crippen LogP contribution is -2.60. The van der Waals surface area contributed by atoms with Gasteiger partial charge in [-0.2, -0.15) is 0 Å². The molecule has 0 aliphatic carbocycles. The molecular formula is C48H92N2O7. The van der Waals surface area contributed by atoms with Gasteiger partial charge in [0.25, 0.3) is 0 Å². The summed E-state index contributed by atoms with van der Waals surface area (Å²) in [5.41, 5.74) is 4.24. The summed E-state index contributed by atoms with van der Waals surface area (Å²) in [6, 6.07) is 0. The predicted molar refractivity (Wildman–Crippen MR) is 236 cm³/mol. The molecule has 0 bridgehead atoms. The van der Waals surface area contributed by atoms with E-state index < -0.39 is 29.4 Å². The molecule has 0 aromatic heterocycles. The van der Waals surface area contributed by atoms with Gasteiger partial charge in [0.15, 0.2) is 0 Å². The van der Waals surface area contributed by atoms with Gasteiger partial charge in [0.2, 0.25) is 5.91 Å². The van der Waals surface area contributed by atoms with Crippen molar-refractivity contribution in [1.29, 1.82) is 0 Å². The van der Waals surface area contributed by atoms with Gasteiger partial charge in [-0.1, -0.05) is 213 Å². The number of rotatable bonds is 44. The standard InChI is InChI=1S/C48H92N2O7/c1-4-7-10-13-16-19-22-25-28-31-34-37-45(52)55-41-48(50-44(51)40-49,42-56-46(53)38-35-32-29-26-23-20-17-14-11-8-5-2)43-57-47(54)39-36-33-30-27-24-21-18-15-12-9-6-3/h4-43,49H2,1-3H3,(H,50,51). The maximum Gasteiger partial charge on any atom is 0.305 e. The lowest BCUT2D eigenvalue weighted by atomic mass is 10.0. The van der Waals surface area contributed by atoms with Crippen LogP contribution in [-0.2, 0) is 33.4 Å². The normalized spacial score (nSPS) is 11.4. The second kappa shape index (κ2) is 42.0. The van der Waals surface area contributed by atoms with Gasteiger partial charge < -0.3 is 25.3 Å². The van der Waals surface area contributed by atoms with Crippen molar-refractivity contribution in [2.24, 2.45) is 5.73 Å². The lowest BCUT2D eigenvalue weighted by molar-refractivity contribution is -0.159. The second-order valence-electron chi connectivity index (χ2n) is 16.9. The van der Waals surface area contributed by atoms with Crippen LogP contribution in [0.15, 0.2) is 0 Å². The molecule has 0 fully saturated rings. The first kappa shape index (κ1) is 54.8. The number of nitrogens with two attached hydrogens (primary N) is 1. The number of hydrogen-bond acceptors (Lipinski definition) is 8. The molecule has 0 aliphatic rings. The molecule has 0 aliphatic heterocycles. The summed E-state index contributed by atoms with van der Waals surface area (Å²) in [5.74, 6) is -1.69. The first-order chi connectivity index (χ1) is 27.8. The van der Waals surface area contributed by atoms with E-state index in [2.05, 4.69) is 26.1 Å². The van der Waals surface area contributed by atoms with Crippen LogP contribution >= 0.6 is 0 Å². The van der Waals surface area contributed by atoms with Crippen molar-refractivity contribution in [2.45, 2.75) is 257 Å². The number of nitrogens with one attached hydrogen (secondary N) is 1. The van der Waals surface area contributed by atoms with Gasteiger partial charge in [0.1, 0.15) is 25.4 Å². The Bertz CT molecular complexity index is 841. The molecule has 1 amide bonds. The van der Waals surface area contributed by atoms with Crippen molar-refractivity contribution in [1.82, 2.24) is 5.32 Å². The Morgan fingerprint density at radius 1 is 0.368 bits per heavy atom. The number of ether oxygens (including phenoxy) is 3. The van der Waals surface area contributed by atoms with Crippen LogP contribution in [0, 0.1) is 0 Å². The highest BCUT2D eigenvalue weighted by atomic mass is 16.6. The van der Waals surface area contributed by atoms with Crippen molar-refractivity contribution >= 4 is 23.8 Å². The van der Waals surface area contributed by atoms with Gasteiger partial charge in [-0.05, 0) is 19.3 Å². The van der Waals surface area contributed by atoms with Gasteiger partial charge >= 0.3 is 17.9 Å². The van der Waals surface area contributed by atoms with Crippen LogP contribution in [0.1, 0.15) is 252 Å². The van der Waals surface area contributed by atoms with E-state index in [4.69, 9.17) is 19.9 Å². The lowest BCUT2D eigenvalue weighted by Gasteiger charge is -2.33. The van der Waals surface area contributed by atoms with Gasteiger partial charge in [0, 0.05) is 19.3 Å². The zero-order valence-electron chi connectivity index (χ0n) is 37.7. The van der Waals surface area contributed by atoms with E-state index in [1.165, 1.54) is 154 Å². The molecule has 9 heteroatoms. The summed E-state index contributed by atoms with van der Waals surface area (Å²) in [7, 11) is 0. The maximum atomic E-state index is 12.9. The molecule has 0 rings (SSSR count). The first-order valence-electron chi connectivity index (χ1n) is 24.3. The third-order valence-corrected chi connectivity index (χ3v) is 11.1. The fourth-order valence-corrected chi connectivity index (χ4v) is 7.25. The average Bonchev–Trinajstić information content (AvgIpc) is 3.21. The van der Waals surface area contributed by atoms with Crippen LogP contribution in [0.3, 0.4) is 0 Å². The smallest absolute Gasteiger partial charge is 0.305 e. The maximum absolute atomic E-state index is 12.9. The fraction of sp³-hybridized carbons (Fsp3) is 0.917. The number of carbonyl (C=O) groups excluding carboxylic acids is 4. The van der Waals surface area contributed by atoms with Crippen LogP contribution in [0.4, 0.5) is 0 Å². The molecule has 57 heavy (non-hydrogen) atoms. The number of amides is 1. The summed E-state index contributed by atoms with van der Waals surface area (Å²) in [6.45, 7) is 5.55. The highest BCUT2D eigenvalue weighted by molar-refractivity contribution is 5.79. The average molecular weight is 809 g/mol. The molecule has 336 valence electrons. The third-order valence-electron chi connectivity index (χ3n) is 11.1. The number of esters is 3. The highest BCUT2D eigenvalue weighted by Crippen LogP contribution is 2.17. The van der Waals surface area contributed by atoms with E-state index in [9.17, 15) is 19.2 Å². The Balaban J connectivity index is 4.96. The van der Waals surface area contributed by atoms with Crippen LogP contribution in [-0.4, -0.2) is 55.7 Å². The molecule has 0 radical (unpaired) electrons. The molecule has 0 saturated heterocycles. The Morgan fingerprint density at radius 2 is 0.579 bits per heavy atom. The zero-order valence-corrected chi connectivity index (χ0v) is 37.7. The summed E-state index contributed by atoms with van der Waals surface area (Å²) >= 11 is 0. The number of unbranched alkanes of at least 4 members (excludes halogenated alkanes) is 30. The minimum Gasteiger partial charge on any atom is -0.463 e. The largest absolute Gasteiger partial charge is 0.463 e. The topological polar surface area (TPSA) is 134 Å². The predicted octanol–water partition coefficient (Wildman–Crippen LogP) is 12.5. The molecule has 0 spiro atoms. The van der Waals surface area contributed by atoms with Crippen molar-refractivity contribution in [2.75, 3.05) is 26.4 Å². The number of hydrogen-bond donors (Lipinski definition) is 2. The van der Waals surface area contributed by atoms with Gasteiger partial charge in [-0.3, -0.25) is 19.2 Å². The quantitative estimate of drug-likeness (QED) is 0.0353. The van der Waals surface area contributed by atoms with Crippen LogP contribution < -0.4 is 11.1 Å². The molecule has 0 aromatic rings. The van der Waals surface area contributed by atoms with Crippen LogP contribution in [0.5, 0.6) is 0 Å². The van der Waals surface area contributed by atoms with Crippen LogP contribution in [0.2, 0.25) is 0 Å². The van der Waals surface area contributed by atoms with Gasteiger partial charge in [-0.15, -0.1) is 0 Å². The summed E-state index contributed by atoms with van der Waals surface area (Å²) in [6.07, 6.45) is 39.8.